The van der Waals surface area contributed by atoms with Crippen molar-refractivity contribution in [1.82, 2.24) is 4.98 Å². The van der Waals surface area contributed by atoms with E-state index in [9.17, 15) is 0 Å². The molecule has 0 aliphatic carbocycles. The van der Waals surface area contributed by atoms with Gasteiger partial charge in [0.2, 0.25) is 0 Å². The summed E-state index contributed by atoms with van der Waals surface area (Å²) in [6, 6.07) is 6.16. The van der Waals surface area contributed by atoms with Crippen LogP contribution in [0, 0.1) is 13.8 Å². The highest BCUT2D eigenvalue weighted by Gasteiger charge is 2.08. The number of hydrogen-bond donors (Lipinski definition) is 1. The lowest BCUT2D eigenvalue weighted by Crippen LogP contribution is -1.97. The normalized spacial score (nSPS) is 10.8. The number of hydrogen-bond acceptors (Lipinski definition) is 2. The summed E-state index contributed by atoms with van der Waals surface area (Å²) in [5.74, 6) is 0.596. The van der Waals surface area contributed by atoms with E-state index in [0.29, 0.717) is 5.82 Å². The molecule has 0 bridgehead atoms. The molecule has 0 fully saturated rings. The van der Waals surface area contributed by atoms with Crippen molar-refractivity contribution in [2.24, 2.45) is 0 Å². The Kier molecular flexibility index (Phi) is 2.19. The zero-order chi connectivity index (χ0) is 10.3. The summed E-state index contributed by atoms with van der Waals surface area (Å²) in [4.78, 5) is 4.24. The number of rotatable bonds is 0. The number of aromatic nitrogens is 1. The Labute approximate surface area is 91.3 Å². The fourth-order valence-electron chi connectivity index (χ4n) is 1.72. The van der Waals surface area contributed by atoms with Crippen LogP contribution in [0.3, 0.4) is 0 Å². The van der Waals surface area contributed by atoms with E-state index in [1.54, 1.807) is 0 Å². The van der Waals surface area contributed by atoms with Gasteiger partial charge in [-0.15, -0.1) is 0 Å². The smallest absolute Gasteiger partial charge is 0.128 e. The molecule has 2 nitrogen and oxygen atoms in total. The van der Waals surface area contributed by atoms with Gasteiger partial charge in [0, 0.05) is 5.39 Å². The second-order valence-electron chi connectivity index (χ2n) is 3.41. The summed E-state index contributed by atoms with van der Waals surface area (Å²) in [5.41, 5.74) is 8.10. The molecule has 3 heteroatoms. The molecular weight excluding hydrogens is 240 g/mol. The maximum atomic E-state index is 5.81. The van der Waals surface area contributed by atoms with E-state index < -0.39 is 0 Å². The van der Waals surface area contributed by atoms with Crippen molar-refractivity contribution >= 4 is 32.5 Å². The Hall–Kier alpha value is -1.09. The molecule has 72 valence electrons. The fraction of sp³-hybridized carbons (Fsp3) is 0.182. The number of aryl methyl sites for hydroxylation is 2. The highest BCUT2D eigenvalue weighted by atomic mass is 79.9. The standard InChI is InChI=1S/C11H11BrN2/c1-6-4-3-5-8-9(6)7(2)11(13)14-10(8)12/h3-5H,1-2H3,(H2,13,14). The van der Waals surface area contributed by atoms with Crippen LogP contribution in [0.4, 0.5) is 5.82 Å². The van der Waals surface area contributed by atoms with Gasteiger partial charge >= 0.3 is 0 Å². The maximum absolute atomic E-state index is 5.81. The van der Waals surface area contributed by atoms with Gasteiger partial charge in [0.25, 0.3) is 0 Å². The van der Waals surface area contributed by atoms with E-state index in [2.05, 4.69) is 33.9 Å². The third-order valence-electron chi connectivity index (χ3n) is 2.47. The lowest BCUT2D eigenvalue weighted by Gasteiger charge is -2.09. The maximum Gasteiger partial charge on any atom is 0.128 e. The van der Waals surface area contributed by atoms with Crippen molar-refractivity contribution in [1.29, 1.82) is 0 Å². The summed E-state index contributed by atoms with van der Waals surface area (Å²) < 4.78 is 0.819. The number of benzene rings is 1. The number of fused-ring (bicyclic) bond motifs is 1. The second kappa shape index (κ2) is 3.24. The summed E-state index contributed by atoms with van der Waals surface area (Å²) in [6.45, 7) is 4.09. The predicted molar refractivity (Wildman–Crippen MR) is 63.3 cm³/mol. The van der Waals surface area contributed by atoms with Gasteiger partial charge in [0.15, 0.2) is 0 Å². The molecule has 0 radical (unpaired) electrons. The SMILES string of the molecule is Cc1cccc2c(Br)nc(N)c(C)c12. The van der Waals surface area contributed by atoms with Crippen LogP contribution in [0.1, 0.15) is 11.1 Å². The van der Waals surface area contributed by atoms with Crippen LogP contribution in [0.2, 0.25) is 0 Å². The van der Waals surface area contributed by atoms with Crippen LogP contribution in [-0.4, -0.2) is 4.98 Å². The quantitative estimate of drug-likeness (QED) is 0.730. The molecule has 0 spiro atoms. The molecule has 2 rings (SSSR count). The minimum atomic E-state index is 0.596. The molecule has 0 saturated carbocycles. The zero-order valence-electron chi connectivity index (χ0n) is 8.13. The van der Waals surface area contributed by atoms with E-state index >= 15 is 0 Å². The van der Waals surface area contributed by atoms with Gasteiger partial charge in [-0.25, -0.2) is 4.98 Å². The highest BCUT2D eigenvalue weighted by molar-refractivity contribution is 9.10. The zero-order valence-corrected chi connectivity index (χ0v) is 9.72. The number of pyridine rings is 1. The lowest BCUT2D eigenvalue weighted by atomic mass is 10.0. The minimum absolute atomic E-state index is 0.596. The van der Waals surface area contributed by atoms with Crippen LogP contribution >= 0.6 is 15.9 Å². The van der Waals surface area contributed by atoms with E-state index in [4.69, 9.17) is 5.73 Å². The molecule has 1 aromatic heterocycles. The third kappa shape index (κ3) is 1.28. The van der Waals surface area contributed by atoms with Gasteiger partial charge in [-0.3, -0.25) is 0 Å². The van der Waals surface area contributed by atoms with E-state index in [1.807, 2.05) is 19.1 Å². The Morgan fingerprint density at radius 2 is 2.00 bits per heavy atom. The van der Waals surface area contributed by atoms with Gasteiger partial charge in [-0.05, 0) is 46.3 Å². The van der Waals surface area contributed by atoms with Crippen molar-refractivity contribution < 1.29 is 0 Å². The molecule has 0 amide bonds. The average molecular weight is 251 g/mol. The van der Waals surface area contributed by atoms with E-state index in [-0.39, 0.29) is 0 Å². The lowest BCUT2D eigenvalue weighted by molar-refractivity contribution is 1.27. The monoisotopic (exact) mass is 250 g/mol. The van der Waals surface area contributed by atoms with Gasteiger partial charge < -0.3 is 5.73 Å². The van der Waals surface area contributed by atoms with Gasteiger partial charge in [-0.1, -0.05) is 18.2 Å². The molecule has 1 heterocycles. The van der Waals surface area contributed by atoms with Crippen LogP contribution in [0.15, 0.2) is 22.8 Å². The first-order valence-electron chi connectivity index (χ1n) is 4.42. The summed E-state index contributed by atoms with van der Waals surface area (Å²) in [7, 11) is 0. The molecule has 2 aromatic rings. The Morgan fingerprint density at radius 3 is 2.71 bits per heavy atom. The van der Waals surface area contributed by atoms with Crippen molar-refractivity contribution in [3.05, 3.63) is 33.9 Å². The van der Waals surface area contributed by atoms with Crippen molar-refractivity contribution in [3.8, 4) is 0 Å². The molecule has 0 saturated heterocycles. The third-order valence-corrected chi connectivity index (χ3v) is 3.08. The number of nitrogen functional groups attached to an aromatic ring is 1. The van der Waals surface area contributed by atoms with E-state index in [0.717, 1.165) is 15.6 Å². The van der Waals surface area contributed by atoms with Gasteiger partial charge in [0.1, 0.15) is 10.4 Å². The molecule has 2 N–H and O–H groups in total. The first kappa shape index (κ1) is 9.46. The molecular formula is C11H11BrN2. The Balaban J connectivity index is 3.03. The molecule has 0 atom stereocenters. The molecule has 1 aromatic carbocycles. The predicted octanol–water partition coefficient (Wildman–Crippen LogP) is 3.20. The van der Waals surface area contributed by atoms with E-state index in [1.165, 1.54) is 10.9 Å². The minimum Gasteiger partial charge on any atom is -0.383 e. The molecule has 14 heavy (non-hydrogen) atoms. The van der Waals surface area contributed by atoms with Gasteiger partial charge in [-0.2, -0.15) is 0 Å². The van der Waals surface area contributed by atoms with Crippen LogP contribution < -0.4 is 5.73 Å². The Bertz CT molecular complexity index is 506. The fourth-order valence-corrected chi connectivity index (χ4v) is 2.24. The first-order chi connectivity index (χ1) is 6.61. The molecule has 0 aliphatic rings. The van der Waals surface area contributed by atoms with Crippen LogP contribution in [0.25, 0.3) is 10.8 Å². The topological polar surface area (TPSA) is 38.9 Å². The number of nitrogens with zero attached hydrogens (tertiary/aromatic N) is 1. The summed E-state index contributed by atoms with van der Waals surface area (Å²) in [6.07, 6.45) is 0. The highest BCUT2D eigenvalue weighted by Crippen LogP contribution is 2.30. The number of halogens is 1. The second-order valence-corrected chi connectivity index (χ2v) is 4.16. The molecule has 0 unspecified atom stereocenters. The summed E-state index contributed by atoms with van der Waals surface area (Å²) >= 11 is 3.42. The largest absolute Gasteiger partial charge is 0.383 e. The van der Waals surface area contributed by atoms with Crippen molar-refractivity contribution in [2.45, 2.75) is 13.8 Å². The number of anilines is 1. The number of nitrogens with two attached hydrogens (primary N) is 1. The van der Waals surface area contributed by atoms with Gasteiger partial charge in [0.05, 0.1) is 0 Å². The average Bonchev–Trinajstić information content (AvgIpc) is 2.14. The molecule has 0 aliphatic heterocycles. The Morgan fingerprint density at radius 1 is 1.29 bits per heavy atom. The van der Waals surface area contributed by atoms with Crippen molar-refractivity contribution in [3.63, 3.8) is 0 Å². The van der Waals surface area contributed by atoms with Crippen LogP contribution in [0.5, 0.6) is 0 Å². The van der Waals surface area contributed by atoms with Crippen molar-refractivity contribution in [2.75, 3.05) is 5.73 Å². The van der Waals surface area contributed by atoms with Crippen LogP contribution in [-0.2, 0) is 0 Å². The first-order valence-corrected chi connectivity index (χ1v) is 5.21. The summed E-state index contributed by atoms with van der Waals surface area (Å²) in [5, 5.41) is 2.32.